The van der Waals surface area contributed by atoms with E-state index in [4.69, 9.17) is 10.2 Å². The van der Waals surface area contributed by atoms with E-state index < -0.39 is 17.7 Å². The van der Waals surface area contributed by atoms with Gasteiger partial charge >= 0.3 is 12.1 Å². The van der Waals surface area contributed by atoms with Gasteiger partial charge in [0.15, 0.2) is 0 Å². The number of amides is 1. The minimum atomic E-state index is -4.39. The van der Waals surface area contributed by atoms with Gasteiger partial charge in [-0.15, -0.1) is 0 Å². The summed E-state index contributed by atoms with van der Waals surface area (Å²) in [5, 5.41) is 17.3. The van der Waals surface area contributed by atoms with Crippen molar-refractivity contribution in [2.45, 2.75) is 64.2 Å². The number of aliphatic carboxylic acids is 1. The first-order chi connectivity index (χ1) is 19.1. The summed E-state index contributed by atoms with van der Waals surface area (Å²) >= 11 is 0. The first-order valence-corrected chi connectivity index (χ1v) is 13.7. The third-order valence-electron chi connectivity index (χ3n) is 7.52. The van der Waals surface area contributed by atoms with Gasteiger partial charge in [-0.3, -0.25) is 14.3 Å². The number of rotatable bonds is 10. The lowest BCUT2D eigenvalue weighted by molar-refractivity contribution is -0.138. The predicted molar refractivity (Wildman–Crippen MR) is 147 cm³/mol. The Bertz CT molecular complexity index is 1300. The van der Waals surface area contributed by atoms with Crippen LogP contribution in [0.3, 0.4) is 0 Å². The van der Waals surface area contributed by atoms with Gasteiger partial charge in [0.25, 0.3) is 5.91 Å². The molecule has 7 nitrogen and oxygen atoms in total. The molecule has 2 N–H and O–H groups in total. The van der Waals surface area contributed by atoms with Crippen LogP contribution in [0.25, 0.3) is 11.3 Å². The van der Waals surface area contributed by atoms with Crippen LogP contribution < -0.4 is 5.32 Å². The molecule has 0 saturated heterocycles. The molecule has 1 unspecified atom stereocenters. The lowest BCUT2D eigenvalue weighted by atomic mass is 9.82. The van der Waals surface area contributed by atoms with Crippen molar-refractivity contribution in [2.75, 3.05) is 18.9 Å². The van der Waals surface area contributed by atoms with Gasteiger partial charge in [0.05, 0.1) is 29.4 Å². The number of carboxylic acid groups (broad SMARTS) is 1. The van der Waals surface area contributed by atoms with Crippen LogP contribution in [0.1, 0.15) is 73.1 Å². The van der Waals surface area contributed by atoms with Gasteiger partial charge in [0.1, 0.15) is 0 Å². The molecule has 10 heteroatoms. The van der Waals surface area contributed by atoms with Crippen LogP contribution in [-0.2, 0) is 17.5 Å². The molecule has 40 heavy (non-hydrogen) atoms. The molecule has 1 aliphatic rings. The Balaban J connectivity index is 1.59. The number of carbonyl (C=O) groups excluding carboxylic acids is 1. The summed E-state index contributed by atoms with van der Waals surface area (Å²) in [6.07, 6.45) is 1.04. The average Bonchev–Trinajstić information content (AvgIpc) is 3.39. The maximum Gasteiger partial charge on any atom is 0.416 e. The highest BCUT2D eigenvalue weighted by atomic mass is 19.4. The fourth-order valence-corrected chi connectivity index (χ4v) is 5.28. The number of aromatic nitrogens is 2. The summed E-state index contributed by atoms with van der Waals surface area (Å²) in [5.41, 5.74) is 2.83. The minimum Gasteiger partial charge on any atom is -0.481 e. The standard InChI is InChI=1S/C30H35F3N4O3/c1-3-37-26(19-25(35-37)20-9-13-23(14-10-20)30(31,32)33)28(21-7-5-4-6-8-21)34-24-15-11-22(12-16-24)29(40)36(2)18-17-27(38)39/h9-16,19,21,28,34H,3-8,17-18H2,1-2H3,(H,38,39). The van der Waals surface area contributed by atoms with E-state index in [1.807, 2.05) is 29.8 Å². The molecule has 214 valence electrons. The minimum absolute atomic E-state index is 0.0734. The Morgan fingerprint density at radius 1 is 1.07 bits per heavy atom. The SMILES string of the molecule is CCn1nc(-c2ccc(C(F)(F)F)cc2)cc1C(Nc1ccc(C(=O)N(C)CCC(=O)O)cc1)C1CCCCC1. The molecule has 1 fully saturated rings. The first-order valence-electron chi connectivity index (χ1n) is 13.7. The summed E-state index contributed by atoms with van der Waals surface area (Å²) < 4.78 is 41.1. The van der Waals surface area contributed by atoms with Crippen molar-refractivity contribution < 1.29 is 27.9 Å². The number of carbonyl (C=O) groups is 2. The molecule has 1 amide bonds. The van der Waals surface area contributed by atoms with Gasteiger partial charge in [-0.2, -0.15) is 18.3 Å². The zero-order chi connectivity index (χ0) is 28.9. The maximum absolute atomic E-state index is 13.1. The van der Waals surface area contributed by atoms with Gasteiger partial charge < -0.3 is 15.3 Å². The molecule has 0 bridgehead atoms. The summed E-state index contributed by atoms with van der Waals surface area (Å²) in [5.74, 6) is -0.859. The van der Waals surface area contributed by atoms with E-state index in [0.717, 1.165) is 49.2 Å². The van der Waals surface area contributed by atoms with Crippen molar-refractivity contribution in [3.8, 4) is 11.3 Å². The Labute approximate surface area is 232 Å². The van der Waals surface area contributed by atoms with Crippen molar-refractivity contribution in [1.82, 2.24) is 14.7 Å². The quantitative estimate of drug-likeness (QED) is 0.285. The maximum atomic E-state index is 13.1. The number of halogens is 3. The van der Waals surface area contributed by atoms with Crippen molar-refractivity contribution in [2.24, 2.45) is 5.92 Å². The fraction of sp³-hybridized carbons (Fsp3) is 0.433. The molecule has 3 aromatic rings. The molecule has 0 aliphatic heterocycles. The van der Waals surface area contributed by atoms with Gasteiger partial charge in [-0.1, -0.05) is 31.4 Å². The Morgan fingerprint density at radius 2 is 1.73 bits per heavy atom. The Kier molecular flexibility index (Phi) is 9.17. The Hall–Kier alpha value is -3.82. The van der Waals surface area contributed by atoms with Gasteiger partial charge in [0.2, 0.25) is 0 Å². The number of alkyl halides is 3. The monoisotopic (exact) mass is 556 g/mol. The van der Waals surface area contributed by atoms with Crippen LogP contribution in [0, 0.1) is 5.92 Å². The largest absolute Gasteiger partial charge is 0.481 e. The van der Waals surface area contributed by atoms with E-state index >= 15 is 0 Å². The second-order valence-electron chi connectivity index (χ2n) is 10.3. The molecule has 1 aromatic heterocycles. The van der Waals surface area contributed by atoms with Crippen molar-refractivity contribution in [3.63, 3.8) is 0 Å². The molecule has 1 aliphatic carbocycles. The number of benzene rings is 2. The molecule has 4 rings (SSSR count). The molecule has 0 radical (unpaired) electrons. The molecule has 1 atom stereocenters. The van der Waals surface area contributed by atoms with Crippen LogP contribution >= 0.6 is 0 Å². The summed E-state index contributed by atoms with van der Waals surface area (Å²) in [4.78, 5) is 24.9. The smallest absolute Gasteiger partial charge is 0.416 e. The van der Waals surface area contributed by atoms with Crippen LogP contribution in [0.5, 0.6) is 0 Å². The van der Waals surface area contributed by atoms with E-state index in [9.17, 15) is 22.8 Å². The van der Waals surface area contributed by atoms with Crippen molar-refractivity contribution in [3.05, 3.63) is 71.4 Å². The number of nitrogens with one attached hydrogen (secondary N) is 1. The Morgan fingerprint density at radius 3 is 2.30 bits per heavy atom. The number of carboxylic acids is 1. The predicted octanol–water partition coefficient (Wildman–Crippen LogP) is 6.87. The highest BCUT2D eigenvalue weighted by molar-refractivity contribution is 5.94. The molecular formula is C30H35F3N4O3. The number of hydrogen-bond acceptors (Lipinski definition) is 4. The van der Waals surface area contributed by atoms with Crippen molar-refractivity contribution in [1.29, 1.82) is 0 Å². The molecular weight excluding hydrogens is 521 g/mol. The number of hydrogen-bond donors (Lipinski definition) is 2. The van der Waals surface area contributed by atoms with Crippen molar-refractivity contribution >= 4 is 17.6 Å². The average molecular weight is 557 g/mol. The van der Waals surface area contributed by atoms with E-state index in [2.05, 4.69) is 5.32 Å². The van der Waals surface area contributed by atoms with E-state index in [0.29, 0.717) is 29.3 Å². The summed E-state index contributed by atoms with van der Waals surface area (Å²) in [7, 11) is 1.58. The number of aryl methyl sites for hydroxylation is 1. The zero-order valence-corrected chi connectivity index (χ0v) is 22.7. The van der Waals surface area contributed by atoms with Gasteiger partial charge in [-0.25, -0.2) is 0 Å². The second-order valence-corrected chi connectivity index (χ2v) is 10.3. The van der Waals surface area contributed by atoms with Crippen LogP contribution in [0.15, 0.2) is 54.6 Å². The van der Waals surface area contributed by atoms with Gasteiger partial charge in [-0.05, 0) is 68.1 Å². The fourth-order valence-electron chi connectivity index (χ4n) is 5.28. The molecule has 0 spiro atoms. The van der Waals surface area contributed by atoms with Crippen LogP contribution in [-0.4, -0.2) is 45.3 Å². The van der Waals surface area contributed by atoms with Crippen LogP contribution in [0.2, 0.25) is 0 Å². The molecule has 1 saturated carbocycles. The lowest BCUT2D eigenvalue weighted by Crippen LogP contribution is -2.29. The van der Waals surface area contributed by atoms with Crippen LogP contribution in [0.4, 0.5) is 18.9 Å². The highest BCUT2D eigenvalue weighted by Crippen LogP contribution is 2.38. The van der Waals surface area contributed by atoms with E-state index in [-0.39, 0.29) is 24.9 Å². The third-order valence-corrected chi connectivity index (χ3v) is 7.52. The third kappa shape index (κ3) is 7.03. The molecule has 1 heterocycles. The normalized spacial score (nSPS) is 15.0. The summed E-state index contributed by atoms with van der Waals surface area (Å²) in [6, 6.07) is 14.1. The number of nitrogens with zero attached hydrogens (tertiary/aromatic N) is 3. The topological polar surface area (TPSA) is 87.5 Å². The lowest BCUT2D eigenvalue weighted by Gasteiger charge is -2.32. The molecule has 2 aromatic carbocycles. The van der Waals surface area contributed by atoms with Gasteiger partial charge in [0, 0.05) is 37.0 Å². The second kappa shape index (κ2) is 12.6. The zero-order valence-electron chi connectivity index (χ0n) is 22.7. The van der Waals surface area contributed by atoms with E-state index in [1.165, 1.54) is 23.5 Å². The first kappa shape index (κ1) is 29.2. The van der Waals surface area contributed by atoms with E-state index in [1.54, 1.807) is 19.2 Å². The number of anilines is 1. The summed E-state index contributed by atoms with van der Waals surface area (Å²) in [6.45, 7) is 2.73. The highest BCUT2D eigenvalue weighted by Gasteiger charge is 2.31.